The Kier molecular flexibility index (Phi) is 3.79. The van der Waals surface area contributed by atoms with E-state index in [0.29, 0.717) is 0 Å². The van der Waals surface area contributed by atoms with Crippen LogP contribution in [0.1, 0.15) is 19.4 Å². The lowest BCUT2D eigenvalue weighted by Gasteiger charge is -2.15. The highest BCUT2D eigenvalue weighted by atomic mass is 32.2. The van der Waals surface area contributed by atoms with Gasteiger partial charge in [0.1, 0.15) is 17.2 Å². The molecule has 0 aliphatic rings. The Hall–Kier alpha value is -0.270. The number of hydrogen-bond donors (Lipinski definition) is 2. The number of nitrogens with zero attached hydrogens (tertiary/aromatic N) is 1. The molecular formula is C8H14N2O2S2. The predicted octanol–water partition coefficient (Wildman–Crippen LogP) is 1.87. The Bertz CT molecular complexity index is 296. The zero-order valence-electron chi connectivity index (χ0n) is 8.35. The number of hydrogen-bond acceptors (Lipinski definition) is 6. The summed E-state index contributed by atoms with van der Waals surface area (Å²) in [6.07, 6.45) is 0. The van der Waals surface area contributed by atoms with Gasteiger partial charge in [0.2, 0.25) is 0 Å². The van der Waals surface area contributed by atoms with Crippen molar-refractivity contribution in [3.05, 3.63) is 17.0 Å². The van der Waals surface area contributed by atoms with Gasteiger partial charge in [-0.15, -0.1) is 11.3 Å². The first-order valence-electron chi connectivity index (χ1n) is 4.04. The Morgan fingerprint density at radius 3 is 2.71 bits per heavy atom. The van der Waals surface area contributed by atoms with Gasteiger partial charge in [-0.2, -0.15) is 0 Å². The topological polar surface area (TPSA) is 58.7 Å². The fourth-order valence-corrected chi connectivity index (χ4v) is 2.34. The maximum atomic E-state index is 9.74. The summed E-state index contributed by atoms with van der Waals surface area (Å²) in [7, 11) is 1.84. The van der Waals surface area contributed by atoms with Crippen molar-refractivity contribution in [3.63, 3.8) is 0 Å². The Balaban J connectivity index is 2.78. The summed E-state index contributed by atoms with van der Waals surface area (Å²) in [5.41, 5.74) is 0.0890. The largest absolute Gasteiger partial charge is 0.386 e. The second kappa shape index (κ2) is 4.50. The third-order valence-corrected chi connectivity index (χ3v) is 3.38. The number of nitrogens with two attached hydrogens (primary N) is 1. The molecule has 0 aliphatic carbocycles. The number of rotatable bonds is 4. The maximum absolute atomic E-state index is 9.74. The number of thiophene rings is 1. The van der Waals surface area contributed by atoms with Gasteiger partial charge < -0.3 is 5.11 Å². The summed E-state index contributed by atoms with van der Waals surface area (Å²) in [4.78, 5) is 0. The van der Waals surface area contributed by atoms with Crippen LogP contribution in [0.5, 0.6) is 0 Å². The van der Waals surface area contributed by atoms with Crippen LogP contribution in [0.25, 0.3) is 0 Å². The van der Waals surface area contributed by atoms with Crippen LogP contribution in [0.2, 0.25) is 0 Å². The lowest BCUT2D eigenvalue weighted by molar-refractivity contribution is 0.0791. The van der Waals surface area contributed by atoms with Crippen LogP contribution in [0.15, 0.2) is 11.4 Å². The zero-order valence-corrected chi connectivity index (χ0v) is 9.98. The number of aliphatic hydroxyl groups is 1. The smallest absolute Gasteiger partial charge is 0.135 e. The molecule has 0 radical (unpaired) electrons. The zero-order chi connectivity index (χ0) is 10.8. The molecule has 1 aromatic heterocycles. The molecule has 0 amide bonds. The molecular weight excluding hydrogens is 220 g/mol. The van der Waals surface area contributed by atoms with E-state index in [2.05, 4.69) is 4.28 Å². The highest BCUT2D eigenvalue weighted by molar-refractivity contribution is 7.96. The van der Waals surface area contributed by atoms with Gasteiger partial charge in [0.15, 0.2) is 0 Å². The molecule has 1 rings (SSSR count). The average molecular weight is 234 g/mol. The molecule has 3 N–H and O–H groups in total. The van der Waals surface area contributed by atoms with Gasteiger partial charge in [-0.1, -0.05) is 0 Å². The van der Waals surface area contributed by atoms with Gasteiger partial charge in [0.05, 0.1) is 5.60 Å². The fraction of sp³-hybridized carbons (Fsp3) is 0.500. The third kappa shape index (κ3) is 2.86. The van der Waals surface area contributed by atoms with E-state index in [1.54, 1.807) is 18.2 Å². The SMILES string of the molecule is CN(SON)c1cc(C(C)(C)O)cs1. The summed E-state index contributed by atoms with van der Waals surface area (Å²) < 4.78 is 6.23. The second-order valence-corrected chi connectivity index (χ2v) is 5.18. The van der Waals surface area contributed by atoms with E-state index in [1.807, 2.05) is 18.5 Å². The van der Waals surface area contributed by atoms with Gasteiger partial charge >= 0.3 is 0 Å². The van der Waals surface area contributed by atoms with Crippen LogP contribution < -0.4 is 10.2 Å². The van der Waals surface area contributed by atoms with E-state index in [9.17, 15) is 5.11 Å². The average Bonchev–Trinajstić information content (AvgIpc) is 2.51. The van der Waals surface area contributed by atoms with Crippen molar-refractivity contribution in [2.45, 2.75) is 19.4 Å². The molecule has 1 aromatic rings. The van der Waals surface area contributed by atoms with Crippen molar-refractivity contribution >= 4 is 28.6 Å². The summed E-state index contributed by atoms with van der Waals surface area (Å²) in [6, 6.07) is 1.91. The normalized spacial score (nSPS) is 11.8. The van der Waals surface area contributed by atoms with E-state index >= 15 is 0 Å². The quantitative estimate of drug-likeness (QED) is 0.473. The van der Waals surface area contributed by atoms with Crippen LogP contribution in [-0.4, -0.2) is 12.2 Å². The van der Waals surface area contributed by atoms with Gasteiger partial charge in [0, 0.05) is 7.05 Å². The first-order valence-corrected chi connectivity index (χ1v) is 5.61. The summed E-state index contributed by atoms with van der Waals surface area (Å²) in [5, 5.41) is 12.6. The molecule has 0 aromatic carbocycles. The van der Waals surface area contributed by atoms with Crippen molar-refractivity contribution in [2.75, 3.05) is 11.4 Å². The lowest BCUT2D eigenvalue weighted by atomic mass is 10.0. The molecule has 0 fully saturated rings. The summed E-state index contributed by atoms with van der Waals surface area (Å²) >= 11 is 2.58. The van der Waals surface area contributed by atoms with Gasteiger partial charge in [-0.3, -0.25) is 4.31 Å². The molecule has 0 bridgehead atoms. The molecule has 6 heteroatoms. The molecule has 0 spiro atoms. The highest BCUT2D eigenvalue weighted by Gasteiger charge is 2.18. The minimum absolute atomic E-state index is 0.802. The lowest BCUT2D eigenvalue weighted by Crippen LogP contribution is -2.14. The monoisotopic (exact) mass is 234 g/mol. The first-order chi connectivity index (χ1) is 6.45. The van der Waals surface area contributed by atoms with Crippen LogP contribution in [-0.2, 0) is 9.88 Å². The third-order valence-electron chi connectivity index (χ3n) is 1.76. The first kappa shape index (κ1) is 11.8. The van der Waals surface area contributed by atoms with Crippen molar-refractivity contribution in [3.8, 4) is 0 Å². The molecule has 0 saturated carbocycles. The van der Waals surface area contributed by atoms with Crippen molar-refractivity contribution in [1.29, 1.82) is 0 Å². The van der Waals surface area contributed by atoms with E-state index in [4.69, 9.17) is 5.90 Å². The molecule has 80 valence electrons. The highest BCUT2D eigenvalue weighted by Crippen LogP contribution is 2.32. The summed E-state index contributed by atoms with van der Waals surface area (Å²) in [6.45, 7) is 3.51. The van der Waals surface area contributed by atoms with Crippen molar-refractivity contribution in [1.82, 2.24) is 0 Å². The van der Waals surface area contributed by atoms with Crippen LogP contribution >= 0.6 is 23.6 Å². The molecule has 14 heavy (non-hydrogen) atoms. The van der Waals surface area contributed by atoms with Crippen molar-refractivity contribution < 1.29 is 9.39 Å². The standard InChI is InChI=1S/C8H14N2O2S2/c1-8(2,11)6-4-7(13-5-6)10(3)14-12-9/h4-5,11H,9H2,1-3H3. The Morgan fingerprint density at radius 2 is 2.29 bits per heavy atom. The molecule has 0 saturated heterocycles. The van der Waals surface area contributed by atoms with E-state index in [-0.39, 0.29) is 0 Å². The van der Waals surface area contributed by atoms with Crippen LogP contribution in [0, 0.1) is 0 Å². The molecule has 0 unspecified atom stereocenters. The van der Waals surface area contributed by atoms with Gasteiger partial charge in [0.25, 0.3) is 0 Å². The molecule has 1 heterocycles. The van der Waals surface area contributed by atoms with Crippen molar-refractivity contribution in [2.24, 2.45) is 5.90 Å². The van der Waals surface area contributed by atoms with Gasteiger partial charge in [-0.25, -0.2) is 10.2 Å². The second-order valence-electron chi connectivity index (χ2n) is 3.40. The van der Waals surface area contributed by atoms with Gasteiger partial charge in [-0.05, 0) is 30.9 Å². The fourth-order valence-electron chi connectivity index (χ4n) is 0.912. The molecule has 4 nitrogen and oxygen atoms in total. The predicted molar refractivity (Wildman–Crippen MR) is 60.8 cm³/mol. The van der Waals surface area contributed by atoms with E-state index < -0.39 is 5.60 Å². The minimum Gasteiger partial charge on any atom is -0.386 e. The number of anilines is 1. The van der Waals surface area contributed by atoms with Crippen LogP contribution in [0.3, 0.4) is 0 Å². The molecule has 0 aliphatic heterocycles. The van der Waals surface area contributed by atoms with Crippen LogP contribution in [0.4, 0.5) is 5.00 Å². The van der Waals surface area contributed by atoms with E-state index in [0.717, 1.165) is 22.8 Å². The van der Waals surface area contributed by atoms with E-state index in [1.165, 1.54) is 11.3 Å². The molecule has 0 atom stereocenters. The Morgan fingerprint density at radius 1 is 1.64 bits per heavy atom. The Labute approximate surface area is 92.0 Å². The minimum atomic E-state index is -0.802. The summed E-state index contributed by atoms with van der Waals surface area (Å²) in [5.74, 6) is 4.94. The maximum Gasteiger partial charge on any atom is 0.135 e.